The molecule has 1 saturated heterocycles. The lowest BCUT2D eigenvalue weighted by atomic mass is 10.0. The van der Waals surface area contributed by atoms with E-state index in [2.05, 4.69) is 48.2 Å². The van der Waals surface area contributed by atoms with Gasteiger partial charge in [-0.25, -0.2) is 0 Å². The predicted octanol–water partition coefficient (Wildman–Crippen LogP) is 3.73. The van der Waals surface area contributed by atoms with Gasteiger partial charge in [-0.2, -0.15) is 5.10 Å². The minimum atomic E-state index is 0.0317. The van der Waals surface area contributed by atoms with Crippen LogP contribution < -0.4 is 0 Å². The number of aryl methyl sites for hydroxylation is 2. The molecule has 2 aromatic heterocycles. The monoisotopic (exact) mass is 392 g/mol. The number of amides is 1. The molecule has 1 aliphatic rings. The molecule has 4 rings (SSSR count). The van der Waals surface area contributed by atoms with Crippen LogP contribution in [0, 0.1) is 6.92 Å². The van der Waals surface area contributed by atoms with Crippen molar-refractivity contribution >= 4 is 5.91 Å². The zero-order valence-corrected chi connectivity index (χ0v) is 17.3. The quantitative estimate of drug-likeness (QED) is 0.664. The van der Waals surface area contributed by atoms with E-state index in [0.717, 1.165) is 32.5 Å². The molecule has 1 fully saturated rings. The van der Waals surface area contributed by atoms with Crippen LogP contribution in [0.3, 0.4) is 0 Å². The van der Waals surface area contributed by atoms with Crippen LogP contribution in [0.5, 0.6) is 0 Å². The molecule has 0 bridgehead atoms. The average molecular weight is 393 g/mol. The molecule has 3 aromatic rings. The van der Waals surface area contributed by atoms with E-state index >= 15 is 0 Å². The molecule has 0 unspecified atom stereocenters. The topological polar surface area (TPSA) is 54.5 Å². The maximum atomic E-state index is 13.2. The van der Waals surface area contributed by atoms with Gasteiger partial charge in [0.15, 0.2) is 5.76 Å². The van der Waals surface area contributed by atoms with Gasteiger partial charge >= 0.3 is 0 Å². The molecule has 6 heteroatoms. The number of likely N-dealkylation sites (tertiary alicyclic amines) is 1. The largest absolute Gasteiger partial charge is 0.463 e. The van der Waals surface area contributed by atoms with E-state index in [-0.39, 0.29) is 5.91 Å². The Bertz CT molecular complexity index is 969. The summed E-state index contributed by atoms with van der Waals surface area (Å²) in [6, 6.07) is 12.8. The van der Waals surface area contributed by atoms with E-state index in [0.29, 0.717) is 23.1 Å². The molecular weight excluding hydrogens is 364 g/mol. The first-order valence-electron chi connectivity index (χ1n) is 10.1. The van der Waals surface area contributed by atoms with Gasteiger partial charge in [0.25, 0.3) is 5.91 Å². The number of rotatable bonds is 5. The Kier molecular flexibility index (Phi) is 5.53. The van der Waals surface area contributed by atoms with Gasteiger partial charge in [0.2, 0.25) is 0 Å². The van der Waals surface area contributed by atoms with Gasteiger partial charge in [-0.1, -0.05) is 29.8 Å². The Morgan fingerprint density at radius 1 is 1.24 bits per heavy atom. The summed E-state index contributed by atoms with van der Waals surface area (Å²) in [5.74, 6) is 0.658. The zero-order valence-electron chi connectivity index (χ0n) is 17.3. The summed E-state index contributed by atoms with van der Waals surface area (Å²) in [5.41, 5.74) is 3.85. The molecule has 1 aliphatic heterocycles. The first kappa shape index (κ1) is 19.5. The fraction of sp³-hybridized carbons (Fsp3) is 0.391. The molecule has 3 heterocycles. The lowest BCUT2D eigenvalue weighted by Gasteiger charge is -2.36. The van der Waals surface area contributed by atoms with E-state index in [1.807, 2.05) is 24.1 Å². The summed E-state index contributed by atoms with van der Waals surface area (Å²) < 4.78 is 7.15. The summed E-state index contributed by atoms with van der Waals surface area (Å²) in [5, 5.41) is 4.43. The second kappa shape index (κ2) is 8.25. The molecule has 0 saturated carbocycles. The van der Waals surface area contributed by atoms with Crippen LogP contribution in [0.25, 0.3) is 11.5 Å². The third kappa shape index (κ3) is 4.27. The highest BCUT2D eigenvalue weighted by Gasteiger charge is 2.29. The summed E-state index contributed by atoms with van der Waals surface area (Å²) in [6.07, 6.45) is 5.35. The van der Waals surface area contributed by atoms with Crippen LogP contribution >= 0.6 is 0 Å². The number of hydrogen-bond acceptors (Lipinski definition) is 4. The SMILES string of the molecule is Cc1cccc(CN(C)C2CCN(C(=O)c3cn(C)nc3-c3ccco3)CC2)c1. The predicted molar refractivity (Wildman–Crippen MR) is 112 cm³/mol. The molecule has 0 spiro atoms. The van der Waals surface area contributed by atoms with Crippen molar-refractivity contribution in [3.63, 3.8) is 0 Å². The van der Waals surface area contributed by atoms with E-state index in [4.69, 9.17) is 4.42 Å². The van der Waals surface area contributed by atoms with Gasteiger partial charge in [0, 0.05) is 38.9 Å². The second-order valence-corrected chi connectivity index (χ2v) is 7.97. The maximum Gasteiger partial charge on any atom is 0.257 e. The fourth-order valence-electron chi connectivity index (χ4n) is 4.15. The third-order valence-corrected chi connectivity index (χ3v) is 5.70. The van der Waals surface area contributed by atoms with Crippen molar-refractivity contribution in [1.29, 1.82) is 0 Å². The van der Waals surface area contributed by atoms with Crippen molar-refractivity contribution in [2.75, 3.05) is 20.1 Å². The third-order valence-electron chi connectivity index (χ3n) is 5.70. The number of furan rings is 1. The molecule has 152 valence electrons. The van der Waals surface area contributed by atoms with Crippen molar-refractivity contribution < 1.29 is 9.21 Å². The van der Waals surface area contributed by atoms with E-state index < -0.39 is 0 Å². The summed E-state index contributed by atoms with van der Waals surface area (Å²) in [4.78, 5) is 17.5. The Labute approximate surface area is 171 Å². The Hall–Kier alpha value is -2.86. The standard InChI is InChI=1S/C23H28N4O2/c1-17-6-4-7-18(14-17)15-25(2)19-9-11-27(12-10-19)23(28)20-16-26(3)24-22(20)21-8-5-13-29-21/h4-8,13-14,16,19H,9-12,15H2,1-3H3. The van der Waals surface area contributed by atoms with Crippen molar-refractivity contribution in [1.82, 2.24) is 19.6 Å². The zero-order chi connectivity index (χ0) is 20.4. The number of nitrogens with zero attached hydrogens (tertiary/aromatic N) is 4. The van der Waals surface area contributed by atoms with Crippen molar-refractivity contribution in [2.45, 2.75) is 32.4 Å². The maximum absolute atomic E-state index is 13.2. The average Bonchev–Trinajstić information content (AvgIpc) is 3.37. The van der Waals surface area contributed by atoms with Gasteiger partial charge in [-0.05, 0) is 44.5 Å². The normalized spacial score (nSPS) is 15.2. The molecular formula is C23H28N4O2. The molecule has 0 atom stereocenters. The van der Waals surface area contributed by atoms with Crippen LogP contribution in [0.15, 0.2) is 53.3 Å². The van der Waals surface area contributed by atoms with E-state index in [1.54, 1.807) is 17.1 Å². The van der Waals surface area contributed by atoms with Gasteiger partial charge in [-0.3, -0.25) is 14.4 Å². The van der Waals surface area contributed by atoms with Crippen LogP contribution in [-0.2, 0) is 13.6 Å². The number of piperidine rings is 1. The number of hydrogen-bond donors (Lipinski definition) is 0. The summed E-state index contributed by atoms with van der Waals surface area (Å²) in [6.45, 7) is 4.58. The first-order valence-corrected chi connectivity index (χ1v) is 10.1. The molecule has 0 N–H and O–H groups in total. The fourth-order valence-corrected chi connectivity index (χ4v) is 4.15. The number of aromatic nitrogens is 2. The van der Waals surface area contributed by atoms with Crippen LogP contribution in [0.2, 0.25) is 0 Å². The second-order valence-electron chi connectivity index (χ2n) is 7.97. The molecule has 1 amide bonds. The van der Waals surface area contributed by atoms with Crippen molar-refractivity contribution in [2.24, 2.45) is 7.05 Å². The van der Waals surface area contributed by atoms with Crippen LogP contribution in [0.4, 0.5) is 0 Å². The highest BCUT2D eigenvalue weighted by Crippen LogP contribution is 2.25. The van der Waals surface area contributed by atoms with Crippen LogP contribution in [-0.4, -0.2) is 51.7 Å². The molecule has 0 aliphatic carbocycles. The highest BCUT2D eigenvalue weighted by atomic mass is 16.3. The number of carbonyl (C=O) groups is 1. The van der Waals surface area contributed by atoms with E-state index in [1.165, 1.54) is 11.1 Å². The number of benzene rings is 1. The lowest BCUT2D eigenvalue weighted by Crippen LogP contribution is -2.45. The van der Waals surface area contributed by atoms with Gasteiger partial charge in [-0.15, -0.1) is 0 Å². The van der Waals surface area contributed by atoms with Crippen molar-refractivity contribution in [3.8, 4) is 11.5 Å². The van der Waals surface area contributed by atoms with Gasteiger partial charge < -0.3 is 9.32 Å². The molecule has 1 aromatic carbocycles. The van der Waals surface area contributed by atoms with Crippen molar-refractivity contribution in [3.05, 3.63) is 65.5 Å². The Morgan fingerprint density at radius 3 is 2.72 bits per heavy atom. The Morgan fingerprint density at radius 2 is 2.03 bits per heavy atom. The lowest BCUT2D eigenvalue weighted by molar-refractivity contribution is 0.0640. The highest BCUT2D eigenvalue weighted by molar-refractivity contribution is 5.99. The summed E-state index contributed by atoms with van der Waals surface area (Å²) >= 11 is 0. The minimum absolute atomic E-state index is 0.0317. The molecule has 29 heavy (non-hydrogen) atoms. The Balaban J connectivity index is 1.39. The van der Waals surface area contributed by atoms with Gasteiger partial charge in [0.05, 0.1) is 11.8 Å². The molecule has 0 radical (unpaired) electrons. The first-order chi connectivity index (χ1) is 14.0. The van der Waals surface area contributed by atoms with E-state index in [9.17, 15) is 4.79 Å². The van der Waals surface area contributed by atoms with Crippen LogP contribution in [0.1, 0.15) is 34.3 Å². The minimum Gasteiger partial charge on any atom is -0.463 e. The van der Waals surface area contributed by atoms with Gasteiger partial charge in [0.1, 0.15) is 5.69 Å². The molecule has 6 nitrogen and oxygen atoms in total. The summed E-state index contributed by atoms with van der Waals surface area (Å²) in [7, 11) is 4.01. The smallest absolute Gasteiger partial charge is 0.257 e. The number of carbonyl (C=O) groups excluding carboxylic acids is 1.